The maximum atomic E-state index is 13.5. The monoisotopic (exact) mass is 533 g/mol. The van der Waals surface area contributed by atoms with E-state index < -0.39 is 35.7 Å². The third-order valence-corrected chi connectivity index (χ3v) is 6.31. The molecular formula is C31H39N3O5. The number of aliphatic hydroxyl groups is 1. The molecular weight excluding hydrogens is 494 g/mol. The lowest BCUT2D eigenvalue weighted by Gasteiger charge is -2.37. The summed E-state index contributed by atoms with van der Waals surface area (Å²) in [6.45, 7) is 5.90. The van der Waals surface area contributed by atoms with Crippen LogP contribution < -0.4 is 15.4 Å². The van der Waals surface area contributed by atoms with E-state index in [0.29, 0.717) is 5.75 Å². The summed E-state index contributed by atoms with van der Waals surface area (Å²) in [5, 5.41) is 28.2. The summed E-state index contributed by atoms with van der Waals surface area (Å²) in [5.41, 5.74) is 1.93. The highest BCUT2D eigenvalue weighted by Gasteiger charge is 2.39. The third kappa shape index (κ3) is 9.12. The Morgan fingerprint density at radius 3 is 2.05 bits per heavy atom. The summed E-state index contributed by atoms with van der Waals surface area (Å²) in [6.07, 6.45) is -2.32. The fraction of sp³-hybridized carbons (Fsp3) is 0.355. The molecule has 39 heavy (non-hydrogen) atoms. The lowest BCUT2D eigenvalue weighted by molar-refractivity contribution is -0.128. The number of ether oxygens (including phenoxy) is 1. The minimum Gasteiger partial charge on any atom is -0.497 e. The minimum absolute atomic E-state index is 0.0637. The van der Waals surface area contributed by atoms with Gasteiger partial charge in [0.15, 0.2) is 0 Å². The number of carbonyl (C=O) groups is 2. The first kappa shape index (κ1) is 29.7. The number of hydrogen-bond acceptors (Lipinski definition) is 5. The van der Waals surface area contributed by atoms with Crippen LogP contribution in [0.2, 0.25) is 0 Å². The molecule has 0 bridgehead atoms. The Bertz CT molecular complexity index is 1200. The van der Waals surface area contributed by atoms with E-state index in [-0.39, 0.29) is 19.5 Å². The molecule has 0 saturated carbocycles. The fourth-order valence-corrected chi connectivity index (χ4v) is 4.43. The van der Waals surface area contributed by atoms with Gasteiger partial charge in [0.2, 0.25) is 5.91 Å². The first-order chi connectivity index (χ1) is 18.6. The molecule has 3 aromatic carbocycles. The fourth-order valence-electron chi connectivity index (χ4n) is 4.43. The average Bonchev–Trinajstić information content (AvgIpc) is 2.90. The first-order valence-corrected chi connectivity index (χ1v) is 13.0. The van der Waals surface area contributed by atoms with Crippen molar-refractivity contribution in [2.75, 3.05) is 7.11 Å². The van der Waals surface area contributed by atoms with Gasteiger partial charge in [0.05, 0.1) is 19.3 Å². The lowest BCUT2D eigenvalue weighted by atomic mass is 9.93. The molecule has 208 valence electrons. The molecule has 0 aromatic heterocycles. The second kappa shape index (κ2) is 13.8. The van der Waals surface area contributed by atoms with Gasteiger partial charge in [0.1, 0.15) is 11.8 Å². The SMILES string of the molecule is COc1cccc(CNC(C(=O)NC(C)(C)C)[C@@H](O)[C@H](Cc2ccccc2)N(Cc2ccccc2)C(=O)O)c1. The van der Waals surface area contributed by atoms with Crippen molar-refractivity contribution >= 4 is 12.0 Å². The van der Waals surface area contributed by atoms with Crippen LogP contribution in [0.4, 0.5) is 4.79 Å². The molecule has 8 heteroatoms. The van der Waals surface area contributed by atoms with Crippen LogP contribution in [-0.4, -0.2) is 57.9 Å². The van der Waals surface area contributed by atoms with Gasteiger partial charge in [-0.25, -0.2) is 4.79 Å². The van der Waals surface area contributed by atoms with Crippen LogP contribution in [0.25, 0.3) is 0 Å². The van der Waals surface area contributed by atoms with Crippen molar-refractivity contribution in [3.05, 3.63) is 102 Å². The van der Waals surface area contributed by atoms with Crippen molar-refractivity contribution in [1.82, 2.24) is 15.5 Å². The number of benzene rings is 3. The number of carbonyl (C=O) groups excluding carboxylic acids is 1. The zero-order chi connectivity index (χ0) is 28.4. The zero-order valence-corrected chi connectivity index (χ0v) is 23.0. The number of amides is 2. The number of carboxylic acid groups (broad SMARTS) is 1. The van der Waals surface area contributed by atoms with Crippen LogP contribution in [0.15, 0.2) is 84.9 Å². The summed E-state index contributed by atoms with van der Waals surface area (Å²) in [5.74, 6) is 0.258. The molecule has 0 aliphatic carbocycles. The van der Waals surface area contributed by atoms with Crippen LogP contribution in [0.3, 0.4) is 0 Å². The molecule has 3 atom stereocenters. The zero-order valence-electron chi connectivity index (χ0n) is 23.0. The summed E-state index contributed by atoms with van der Waals surface area (Å²) < 4.78 is 5.31. The predicted molar refractivity (Wildman–Crippen MR) is 151 cm³/mol. The molecule has 0 radical (unpaired) electrons. The van der Waals surface area contributed by atoms with E-state index in [1.54, 1.807) is 7.11 Å². The topological polar surface area (TPSA) is 111 Å². The highest BCUT2D eigenvalue weighted by Crippen LogP contribution is 2.20. The minimum atomic E-state index is -1.36. The predicted octanol–water partition coefficient (Wildman–Crippen LogP) is 4.22. The molecule has 8 nitrogen and oxygen atoms in total. The summed E-state index contributed by atoms with van der Waals surface area (Å²) in [6, 6.07) is 24.0. The maximum absolute atomic E-state index is 13.5. The first-order valence-electron chi connectivity index (χ1n) is 13.0. The number of rotatable bonds is 12. The van der Waals surface area contributed by atoms with E-state index in [1.807, 2.05) is 106 Å². The highest BCUT2D eigenvalue weighted by molar-refractivity contribution is 5.83. The van der Waals surface area contributed by atoms with Gasteiger partial charge < -0.3 is 20.3 Å². The number of hydrogen-bond donors (Lipinski definition) is 4. The summed E-state index contributed by atoms with van der Waals surface area (Å²) in [4.78, 5) is 27.3. The van der Waals surface area contributed by atoms with E-state index >= 15 is 0 Å². The summed E-state index contributed by atoms with van der Waals surface area (Å²) >= 11 is 0. The lowest BCUT2D eigenvalue weighted by Crippen LogP contribution is -2.61. The van der Waals surface area contributed by atoms with Gasteiger partial charge in [-0.2, -0.15) is 0 Å². The molecule has 0 heterocycles. The van der Waals surface area contributed by atoms with Crippen LogP contribution in [-0.2, 0) is 24.3 Å². The molecule has 3 aromatic rings. The maximum Gasteiger partial charge on any atom is 0.407 e. The average molecular weight is 534 g/mol. The Balaban J connectivity index is 1.98. The Labute approximate surface area is 230 Å². The van der Waals surface area contributed by atoms with Crippen LogP contribution in [0.1, 0.15) is 37.5 Å². The molecule has 0 saturated heterocycles. The molecule has 0 spiro atoms. The van der Waals surface area contributed by atoms with Crippen molar-refractivity contribution in [1.29, 1.82) is 0 Å². The Hall–Kier alpha value is -3.88. The smallest absolute Gasteiger partial charge is 0.407 e. The van der Waals surface area contributed by atoms with Gasteiger partial charge in [0, 0.05) is 18.6 Å². The van der Waals surface area contributed by atoms with Gasteiger partial charge >= 0.3 is 6.09 Å². The summed E-state index contributed by atoms with van der Waals surface area (Å²) in [7, 11) is 1.58. The van der Waals surface area contributed by atoms with Crippen molar-refractivity contribution in [3.63, 3.8) is 0 Å². The molecule has 2 amide bonds. The number of methoxy groups -OCH3 is 1. The van der Waals surface area contributed by atoms with Crippen molar-refractivity contribution < 1.29 is 24.5 Å². The number of aliphatic hydroxyl groups excluding tert-OH is 1. The van der Waals surface area contributed by atoms with Crippen molar-refractivity contribution in [2.24, 2.45) is 0 Å². The molecule has 1 unspecified atom stereocenters. The third-order valence-electron chi connectivity index (χ3n) is 6.31. The largest absolute Gasteiger partial charge is 0.497 e. The van der Waals surface area contributed by atoms with Crippen LogP contribution in [0, 0.1) is 0 Å². The van der Waals surface area contributed by atoms with E-state index in [4.69, 9.17) is 4.74 Å². The quantitative estimate of drug-likeness (QED) is 0.277. The van der Waals surface area contributed by atoms with E-state index in [9.17, 15) is 19.8 Å². The Morgan fingerprint density at radius 2 is 1.49 bits per heavy atom. The molecule has 0 fully saturated rings. The van der Waals surface area contributed by atoms with E-state index in [2.05, 4.69) is 10.6 Å². The standard InChI is InChI=1S/C31H39N3O5/c1-31(2,3)33-29(36)27(32-20-24-16-11-17-25(18-24)39-4)28(35)26(19-22-12-7-5-8-13-22)34(30(37)38)21-23-14-9-6-10-15-23/h5-18,26-28,32,35H,19-21H2,1-4H3,(H,33,36)(H,37,38)/t26-,27?,28-/m0/s1. The van der Waals surface area contributed by atoms with Crippen molar-refractivity contribution in [2.45, 2.75) is 64.0 Å². The second-order valence-electron chi connectivity index (χ2n) is 10.6. The molecule has 3 rings (SSSR count). The normalized spacial score (nSPS) is 13.7. The van der Waals surface area contributed by atoms with Crippen LogP contribution >= 0.6 is 0 Å². The van der Waals surface area contributed by atoms with Gasteiger partial charge in [0.25, 0.3) is 0 Å². The van der Waals surface area contributed by atoms with Gasteiger partial charge in [-0.1, -0.05) is 72.8 Å². The molecule has 4 N–H and O–H groups in total. The van der Waals surface area contributed by atoms with Gasteiger partial charge in [-0.3, -0.25) is 15.0 Å². The molecule has 0 aliphatic rings. The Morgan fingerprint density at radius 1 is 0.897 bits per heavy atom. The molecule has 0 aliphatic heterocycles. The highest BCUT2D eigenvalue weighted by atomic mass is 16.5. The van der Waals surface area contributed by atoms with Crippen LogP contribution in [0.5, 0.6) is 5.75 Å². The van der Waals surface area contributed by atoms with Crippen molar-refractivity contribution in [3.8, 4) is 5.75 Å². The van der Waals surface area contributed by atoms with E-state index in [0.717, 1.165) is 16.7 Å². The Kier molecular flexibility index (Phi) is 10.5. The number of nitrogens with one attached hydrogen (secondary N) is 2. The van der Waals surface area contributed by atoms with E-state index in [1.165, 1.54) is 4.90 Å². The second-order valence-corrected chi connectivity index (χ2v) is 10.6. The number of nitrogens with zero attached hydrogens (tertiary/aromatic N) is 1. The van der Waals surface area contributed by atoms with Gasteiger partial charge in [-0.15, -0.1) is 0 Å². The van der Waals surface area contributed by atoms with Gasteiger partial charge in [-0.05, 0) is 56.0 Å².